The first kappa shape index (κ1) is 19.2. The smallest absolute Gasteiger partial charge is 0.438 e. The van der Waals surface area contributed by atoms with Crippen LogP contribution in [0.1, 0.15) is 19.3 Å². The van der Waals surface area contributed by atoms with Crippen molar-refractivity contribution in [1.29, 1.82) is 0 Å². The molecule has 0 aromatic heterocycles. The minimum Gasteiger partial charge on any atom is -0.438 e. The topological polar surface area (TPSA) is 89.9 Å². The molecule has 24 heavy (non-hydrogen) atoms. The number of fused-ring (bicyclic) bond motifs is 2. The summed E-state index contributed by atoms with van der Waals surface area (Å²) < 4.78 is 117. The Kier molecular flexibility index (Phi) is 4.59. The lowest BCUT2D eigenvalue weighted by atomic mass is 9.89. The monoisotopic (exact) mass is 386 g/mol. The van der Waals surface area contributed by atoms with E-state index in [-0.39, 0.29) is 12.8 Å². The summed E-state index contributed by atoms with van der Waals surface area (Å²) in [5.74, 6) is -6.09. The van der Waals surface area contributed by atoms with Gasteiger partial charge in [-0.25, -0.2) is 0 Å². The maximum Gasteiger partial charge on any atom is 0.438 e. The van der Waals surface area contributed by atoms with Gasteiger partial charge in [-0.1, -0.05) is 0 Å². The minimum atomic E-state index is -6.31. The molecule has 3 unspecified atom stereocenters. The summed E-state index contributed by atoms with van der Waals surface area (Å²) in [7, 11) is -5.78. The van der Waals surface area contributed by atoms with Crippen molar-refractivity contribution in [3.63, 3.8) is 0 Å². The minimum absolute atomic E-state index is 0.110. The van der Waals surface area contributed by atoms with E-state index in [2.05, 4.69) is 4.74 Å². The lowest BCUT2D eigenvalue weighted by Crippen LogP contribution is -2.64. The molecule has 0 aromatic carbocycles. The van der Waals surface area contributed by atoms with Gasteiger partial charge in [-0.05, 0) is 19.3 Å². The molecule has 0 aromatic rings. The van der Waals surface area contributed by atoms with Crippen molar-refractivity contribution in [1.82, 2.24) is 0 Å². The standard InChI is InChI=1S/C11H12F6O6S/c12-10(13,14)9(11(15,16)17,4-24(19,20)21)23-8(18)6-3-5-1-2-7(6)22-5/h5-7H,1-4H2,(H,19,20,21). The number of ether oxygens (including phenoxy) is 2. The molecule has 0 spiro atoms. The van der Waals surface area contributed by atoms with E-state index in [4.69, 9.17) is 9.29 Å². The van der Waals surface area contributed by atoms with Crippen molar-refractivity contribution in [3.8, 4) is 0 Å². The zero-order valence-electron chi connectivity index (χ0n) is 11.7. The number of hydrogen-bond acceptors (Lipinski definition) is 5. The Morgan fingerprint density at radius 1 is 1.12 bits per heavy atom. The summed E-state index contributed by atoms with van der Waals surface area (Å²) in [5.41, 5.74) is -5.35. The summed E-state index contributed by atoms with van der Waals surface area (Å²) in [6, 6.07) is 0. The fourth-order valence-electron chi connectivity index (χ4n) is 2.86. The fourth-order valence-corrected chi connectivity index (χ4v) is 3.76. The number of carbonyl (C=O) groups excluding carboxylic acids is 1. The highest BCUT2D eigenvalue weighted by atomic mass is 32.2. The Labute approximate surface area is 131 Å². The molecule has 0 radical (unpaired) electrons. The molecule has 0 amide bonds. The van der Waals surface area contributed by atoms with Gasteiger partial charge in [0.05, 0.1) is 18.1 Å². The number of halogens is 6. The van der Waals surface area contributed by atoms with Gasteiger partial charge in [0, 0.05) is 0 Å². The van der Waals surface area contributed by atoms with Crippen molar-refractivity contribution < 1.29 is 53.6 Å². The van der Waals surface area contributed by atoms with Gasteiger partial charge < -0.3 is 9.47 Å². The van der Waals surface area contributed by atoms with Crippen LogP contribution in [0.3, 0.4) is 0 Å². The molecule has 2 bridgehead atoms. The average molecular weight is 386 g/mol. The van der Waals surface area contributed by atoms with Gasteiger partial charge in [0.15, 0.2) is 0 Å². The maximum absolute atomic E-state index is 13.0. The summed E-state index contributed by atoms with van der Waals surface area (Å²) in [4.78, 5) is 11.9. The highest BCUT2D eigenvalue weighted by Crippen LogP contribution is 2.48. The predicted molar refractivity (Wildman–Crippen MR) is 63.4 cm³/mol. The van der Waals surface area contributed by atoms with Gasteiger partial charge >= 0.3 is 23.9 Å². The molecule has 140 valence electrons. The molecule has 13 heteroatoms. The van der Waals surface area contributed by atoms with E-state index in [9.17, 15) is 39.6 Å². The van der Waals surface area contributed by atoms with Crippen LogP contribution in [0.4, 0.5) is 26.3 Å². The molecule has 2 fully saturated rings. The largest absolute Gasteiger partial charge is 0.438 e. The SMILES string of the molecule is O=C(OC(CS(=O)(=O)O)(C(F)(F)F)C(F)(F)F)C1CC2CCC1O2. The summed E-state index contributed by atoms with van der Waals surface area (Å²) in [6.07, 6.45) is -13.3. The first-order valence-electron chi connectivity index (χ1n) is 6.63. The van der Waals surface area contributed by atoms with Crippen LogP contribution < -0.4 is 0 Å². The van der Waals surface area contributed by atoms with Crippen LogP contribution in [-0.2, 0) is 24.4 Å². The normalized spacial score (nSPS) is 28.2. The first-order valence-corrected chi connectivity index (χ1v) is 8.24. The highest BCUT2D eigenvalue weighted by Gasteiger charge is 2.76. The third-order valence-electron chi connectivity index (χ3n) is 3.99. The zero-order valence-corrected chi connectivity index (χ0v) is 12.5. The lowest BCUT2D eigenvalue weighted by molar-refractivity contribution is -0.362. The van der Waals surface area contributed by atoms with Crippen LogP contribution in [0.2, 0.25) is 0 Å². The van der Waals surface area contributed by atoms with Gasteiger partial charge in [0.1, 0.15) is 5.75 Å². The molecule has 3 atom stereocenters. The van der Waals surface area contributed by atoms with Crippen LogP contribution in [0.15, 0.2) is 0 Å². The first-order chi connectivity index (χ1) is 10.7. The zero-order chi connectivity index (χ0) is 18.6. The van der Waals surface area contributed by atoms with E-state index in [1.165, 1.54) is 0 Å². The Morgan fingerprint density at radius 3 is 2.00 bits per heavy atom. The Morgan fingerprint density at radius 2 is 1.67 bits per heavy atom. The number of alkyl halides is 6. The van der Waals surface area contributed by atoms with Crippen molar-refractivity contribution in [3.05, 3.63) is 0 Å². The Hall–Kier alpha value is -1.08. The van der Waals surface area contributed by atoms with Gasteiger partial charge in [-0.3, -0.25) is 9.35 Å². The molecule has 1 N–H and O–H groups in total. The Balaban J connectivity index is 2.36. The van der Waals surface area contributed by atoms with Crippen molar-refractivity contribution >= 4 is 16.1 Å². The molecular formula is C11H12F6O6S. The van der Waals surface area contributed by atoms with E-state index in [0.29, 0.717) is 6.42 Å². The number of carbonyl (C=O) groups is 1. The average Bonchev–Trinajstić information content (AvgIpc) is 2.95. The van der Waals surface area contributed by atoms with Crippen molar-refractivity contribution in [2.45, 2.75) is 49.4 Å². The second-order valence-electron chi connectivity index (χ2n) is 5.69. The van der Waals surface area contributed by atoms with Crippen LogP contribution in [0, 0.1) is 5.92 Å². The third-order valence-corrected chi connectivity index (χ3v) is 4.76. The second-order valence-corrected chi connectivity index (χ2v) is 7.14. The fraction of sp³-hybridized carbons (Fsp3) is 0.909. The lowest BCUT2D eigenvalue weighted by Gasteiger charge is -2.36. The molecule has 2 saturated heterocycles. The summed E-state index contributed by atoms with van der Waals surface area (Å²) in [6.45, 7) is 0. The van der Waals surface area contributed by atoms with Gasteiger partial charge in [-0.15, -0.1) is 0 Å². The second kappa shape index (κ2) is 5.73. The number of rotatable bonds is 4. The molecule has 2 rings (SSSR count). The summed E-state index contributed by atoms with van der Waals surface area (Å²) >= 11 is 0. The van der Waals surface area contributed by atoms with Gasteiger partial charge in [0.25, 0.3) is 10.1 Å². The molecule has 2 aliphatic rings. The Bertz CT molecular complexity index is 597. The molecular weight excluding hydrogens is 374 g/mol. The maximum atomic E-state index is 13.0. The number of hydrogen-bond donors (Lipinski definition) is 1. The van der Waals surface area contributed by atoms with Crippen LogP contribution >= 0.6 is 0 Å². The van der Waals surface area contributed by atoms with E-state index in [1.807, 2.05) is 0 Å². The number of esters is 1. The third kappa shape index (κ3) is 3.47. The summed E-state index contributed by atoms with van der Waals surface area (Å²) in [5, 5.41) is 0. The van der Waals surface area contributed by atoms with Crippen molar-refractivity contribution in [2.24, 2.45) is 5.92 Å². The van der Waals surface area contributed by atoms with Gasteiger partial charge in [0.2, 0.25) is 0 Å². The van der Waals surface area contributed by atoms with E-state index in [1.54, 1.807) is 0 Å². The molecule has 2 aliphatic heterocycles. The highest BCUT2D eigenvalue weighted by molar-refractivity contribution is 7.85. The molecule has 0 saturated carbocycles. The predicted octanol–water partition coefficient (Wildman–Crippen LogP) is 1.85. The molecule has 2 heterocycles. The van der Waals surface area contributed by atoms with Crippen LogP contribution in [0.5, 0.6) is 0 Å². The van der Waals surface area contributed by atoms with E-state index >= 15 is 0 Å². The van der Waals surface area contributed by atoms with E-state index in [0.717, 1.165) is 0 Å². The van der Waals surface area contributed by atoms with E-state index < -0.39 is 57.9 Å². The molecule has 0 aliphatic carbocycles. The molecule has 6 nitrogen and oxygen atoms in total. The van der Waals surface area contributed by atoms with Gasteiger partial charge in [-0.2, -0.15) is 34.8 Å². The van der Waals surface area contributed by atoms with Crippen molar-refractivity contribution in [2.75, 3.05) is 5.75 Å². The quantitative estimate of drug-likeness (QED) is 0.451. The van der Waals surface area contributed by atoms with Crippen LogP contribution in [-0.4, -0.2) is 54.9 Å². The van der Waals surface area contributed by atoms with Crippen LogP contribution in [0.25, 0.3) is 0 Å².